The van der Waals surface area contributed by atoms with E-state index < -0.39 is 16.0 Å². The molecule has 150 valence electrons. The Kier molecular flexibility index (Phi) is 5.97. The molecular weight excluding hydrogens is 408 g/mol. The van der Waals surface area contributed by atoms with Gasteiger partial charge in [-0.15, -0.1) is 0 Å². The van der Waals surface area contributed by atoms with Crippen LogP contribution in [0.25, 0.3) is 0 Å². The minimum Gasteiger partial charge on any atom is -0.495 e. The summed E-state index contributed by atoms with van der Waals surface area (Å²) in [5, 5.41) is 9.79. The van der Waals surface area contributed by atoms with Gasteiger partial charge in [-0.2, -0.15) is 0 Å². The van der Waals surface area contributed by atoms with Gasteiger partial charge < -0.3 is 19.5 Å². The molecule has 10 heteroatoms. The van der Waals surface area contributed by atoms with Gasteiger partial charge in [-0.25, -0.2) is 13.2 Å². The number of halogens is 1. The first-order valence-electron chi connectivity index (χ1n) is 8.38. The van der Waals surface area contributed by atoms with E-state index in [4.69, 9.17) is 21.1 Å². The molecule has 28 heavy (non-hydrogen) atoms. The molecule has 0 radical (unpaired) electrons. The SMILES string of the molecule is COc1ccc(Cl)cc1S(=O)(=O)Nc1ccc(N2CCOCC2)cc1C(=O)O. The van der Waals surface area contributed by atoms with Crippen LogP contribution < -0.4 is 14.4 Å². The lowest BCUT2D eigenvalue weighted by molar-refractivity contribution is 0.0698. The molecule has 2 aromatic rings. The van der Waals surface area contributed by atoms with Gasteiger partial charge in [0.05, 0.1) is 31.6 Å². The number of ether oxygens (including phenoxy) is 2. The summed E-state index contributed by atoms with van der Waals surface area (Å²) < 4.78 is 38.4. The van der Waals surface area contributed by atoms with Gasteiger partial charge in [0, 0.05) is 23.8 Å². The number of hydrogen-bond donors (Lipinski definition) is 2. The molecule has 0 atom stereocenters. The summed E-state index contributed by atoms with van der Waals surface area (Å²) in [5.41, 5.74) is 0.476. The predicted octanol–water partition coefficient (Wildman–Crippen LogP) is 2.68. The van der Waals surface area contributed by atoms with Crippen LogP contribution in [0.15, 0.2) is 41.3 Å². The number of morpholine rings is 1. The van der Waals surface area contributed by atoms with E-state index in [0.717, 1.165) is 0 Å². The van der Waals surface area contributed by atoms with Crippen LogP contribution in [0.3, 0.4) is 0 Å². The van der Waals surface area contributed by atoms with Crippen molar-refractivity contribution in [3.05, 3.63) is 47.0 Å². The second-order valence-electron chi connectivity index (χ2n) is 6.04. The van der Waals surface area contributed by atoms with Crippen molar-refractivity contribution < 1.29 is 27.8 Å². The Balaban J connectivity index is 1.97. The molecule has 1 saturated heterocycles. The summed E-state index contributed by atoms with van der Waals surface area (Å²) in [6.07, 6.45) is 0. The molecule has 1 fully saturated rings. The molecule has 0 unspecified atom stereocenters. The van der Waals surface area contributed by atoms with Gasteiger partial charge in [-0.1, -0.05) is 11.6 Å². The summed E-state index contributed by atoms with van der Waals surface area (Å²) in [6, 6.07) is 8.72. The molecule has 1 heterocycles. The van der Waals surface area contributed by atoms with Crippen molar-refractivity contribution in [2.24, 2.45) is 0 Å². The molecule has 1 aliphatic heterocycles. The zero-order chi connectivity index (χ0) is 20.3. The van der Waals surface area contributed by atoms with E-state index in [1.165, 1.54) is 37.4 Å². The molecular formula is C18H19ClN2O6S. The number of carbonyl (C=O) groups is 1. The first kappa shape index (κ1) is 20.2. The molecule has 0 bridgehead atoms. The van der Waals surface area contributed by atoms with Crippen molar-refractivity contribution in [1.82, 2.24) is 0 Å². The van der Waals surface area contributed by atoms with E-state index in [-0.39, 0.29) is 26.9 Å². The van der Waals surface area contributed by atoms with Gasteiger partial charge in [0.15, 0.2) is 0 Å². The number of benzene rings is 2. The summed E-state index contributed by atoms with van der Waals surface area (Å²) in [7, 11) is -2.79. The fourth-order valence-corrected chi connectivity index (χ4v) is 4.39. The van der Waals surface area contributed by atoms with Gasteiger partial charge in [-0.3, -0.25) is 4.72 Å². The van der Waals surface area contributed by atoms with Crippen LogP contribution in [0.5, 0.6) is 5.75 Å². The maximum absolute atomic E-state index is 12.8. The number of carboxylic acid groups (broad SMARTS) is 1. The number of rotatable bonds is 6. The first-order valence-corrected chi connectivity index (χ1v) is 10.2. The average molecular weight is 427 g/mol. The summed E-state index contributed by atoms with van der Waals surface area (Å²) in [5.74, 6) is -1.15. The Bertz CT molecular complexity index is 990. The molecule has 0 saturated carbocycles. The minimum absolute atomic E-state index is 0.0495. The highest BCUT2D eigenvalue weighted by Gasteiger charge is 2.24. The van der Waals surface area contributed by atoms with Crippen molar-refractivity contribution in [3.63, 3.8) is 0 Å². The van der Waals surface area contributed by atoms with Crippen molar-refractivity contribution >= 4 is 39.0 Å². The van der Waals surface area contributed by atoms with Gasteiger partial charge in [0.2, 0.25) is 0 Å². The van der Waals surface area contributed by atoms with Gasteiger partial charge in [0.1, 0.15) is 10.6 Å². The first-order chi connectivity index (χ1) is 13.3. The summed E-state index contributed by atoms with van der Waals surface area (Å²) >= 11 is 5.91. The van der Waals surface area contributed by atoms with Gasteiger partial charge in [0.25, 0.3) is 10.0 Å². The van der Waals surface area contributed by atoms with Crippen LogP contribution in [0.1, 0.15) is 10.4 Å². The Morgan fingerprint density at radius 3 is 2.57 bits per heavy atom. The van der Waals surface area contributed by atoms with Crippen molar-refractivity contribution in [2.75, 3.05) is 43.0 Å². The number of aromatic carboxylic acids is 1. The Hall–Kier alpha value is -2.49. The summed E-state index contributed by atoms with van der Waals surface area (Å²) in [6.45, 7) is 2.35. The molecule has 0 amide bonds. The van der Waals surface area contributed by atoms with E-state index in [9.17, 15) is 18.3 Å². The van der Waals surface area contributed by atoms with E-state index in [2.05, 4.69) is 4.72 Å². The highest BCUT2D eigenvalue weighted by atomic mass is 35.5. The molecule has 8 nitrogen and oxygen atoms in total. The standard InChI is InChI=1S/C18H19ClN2O6S/c1-26-16-5-2-12(19)10-17(16)28(24,25)20-15-4-3-13(11-14(15)18(22)23)21-6-8-27-9-7-21/h2-5,10-11,20H,6-9H2,1H3,(H,22,23). The second kappa shape index (κ2) is 8.26. The lowest BCUT2D eigenvalue weighted by Gasteiger charge is -2.29. The quantitative estimate of drug-likeness (QED) is 0.731. The predicted molar refractivity (Wildman–Crippen MR) is 105 cm³/mol. The lowest BCUT2D eigenvalue weighted by atomic mass is 10.1. The van der Waals surface area contributed by atoms with Crippen LogP contribution in [0.2, 0.25) is 5.02 Å². The molecule has 0 aromatic heterocycles. The fourth-order valence-electron chi connectivity index (χ4n) is 2.88. The third kappa shape index (κ3) is 4.32. The molecule has 2 aromatic carbocycles. The Morgan fingerprint density at radius 2 is 1.93 bits per heavy atom. The van der Waals surface area contributed by atoms with Crippen LogP contribution >= 0.6 is 11.6 Å². The highest BCUT2D eigenvalue weighted by Crippen LogP contribution is 2.31. The normalized spacial score (nSPS) is 14.6. The van der Waals surface area contributed by atoms with Crippen molar-refractivity contribution in [3.8, 4) is 5.75 Å². The zero-order valence-corrected chi connectivity index (χ0v) is 16.6. The maximum Gasteiger partial charge on any atom is 0.337 e. The average Bonchev–Trinajstić information content (AvgIpc) is 2.68. The molecule has 0 spiro atoms. The van der Waals surface area contributed by atoms with Crippen LogP contribution in [0.4, 0.5) is 11.4 Å². The zero-order valence-electron chi connectivity index (χ0n) is 15.0. The number of hydrogen-bond acceptors (Lipinski definition) is 6. The third-order valence-electron chi connectivity index (χ3n) is 4.27. The smallest absolute Gasteiger partial charge is 0.337 e. The molecule has 3 rings (SSSR count). The monoisotopic (exact) mass is 426 g/mol. The van der Waals surface area contributed by atoms with Crippen LogP contribution in [-0.2, 0) is 14.8 Å². The number of carboxylic acids is 1. The van der Waals surface area contributed by atoms with Crippen molar-refractivity contribution in [2.45, 2.75) is 4.90 Å². The van der Waals surface area contributed by atoms with E-state index in [1.54, 1.807) is 6.07 Å². The summed E-state index contributed by atoms with van der Waals surface area (Å²) in [4.78, 5) is 13.5. The molecule has 0 aliphatic carbocycles. The van der Waals surface area contributed by atoms with Crippen LogP contribution in [0, 0.1) is 0 Å². The largest absolute Gasteiger partial charge is 0.495 e. The lowest BCUT2D eigenvalue weighted by Crippen LogP contribution is -2.36. The Morgan fingerprint density at radius 1 is 1.21 bits per heavy atom. The van der Waals surface area contributed by atoms with Gasteiger partial charge in [-0.05, 0) is 36.4 Å². The minimum atomic E-state index is -4.13. The van der Waals surface area contributed by atoms with Crippen molar-refractivity contribution in [1.29, 1.82) is 0 Å². The number of anilines is 2. The molecule has 1 aliphatic rings. The number of methoxy groups -OCH3 is 1. The van der Waals surface area contributed by atoms with E-state index >= 15 is 0 Å². The maximum atomic E-state index is 12.8. The van der Waals surface area contributed by atoms with Crippen LogP contribution in [-0.4, -0.2) is 52.9 Å². The highest BCUT2D eigenvalue weighted by molar-refractivity contribution is 7.92. The third-order valence-corrected chi connectivity index (χ3v) is 5.89. The Labute approximate surface area is 167 Å². The molecule has 2 N–H and O–H groups in total. The van der Waals surface area contributed by atoms with E-state index in [0.29, 0.717) is 32.0 Å². The number of sulfonamides is 1. The topological polar surface area (TPSA) is 105 Å². The fraction of sp³-hybridized carbons (Fsp3) is 0.278. The number of nitrogens with one attached hydrogen (secondary N) is 1. The second-order valence-corrected chi connectivity index (χ2v) is 8.12. The number of nitrogens with zero attached hydrogens (tertiary/aromatic N) is 1. The van der Waals surface area contributed by atoms with Gasteiger partial charge >= 0.3 is 5.97 Å². The van der Waals surface area contributed by atoms with E-state index in [1.807, 2.05) is 4.90 Å².